The number of benzene rings is 1. The molecule has 0 aliphatic carbocycles. The van der Waals surface area contributed by atoms with Crippen LogP contribution in [0, 0.1) is 6.92 Å². The third-order valence-electron chi connectivity index (χ3n) is 2.61. The summed E-state index contributed by atoms with van der Waals surface area (Å²) in [5, 5.41) is 13.4. The van der Waals surface area contributed by atoms with E-state index in [1.165, 1.54) is 0 Å². The van der Waals surface area contributed by atoms with Crippen molar-refractivity contribution in [1.29, 1.82) is 0 Å². The molecule has 1 aromatic heterocycles. The van der Waals surface area contributed by atoms with Gasteiger partial charge in [0.25, 0.3) is 5.89 Å². The summed E-state index contributed by atoms with van der Waals surface area (Å²) in [4.78, 5) is 4.21. The van der Waals surface area contributed by atoms with Gasteiger partial charge in [-0.2, -0.15) is 4.98 Å². The summed E-state index contributed by atoms with van der Waals surface area (Å²) in [5.74, 6) is 2.15. The van der Waals surface area contributed by atoms with Crippen molar-refractivity contribution in [3.8, 4) is 11.5 Å². The maximum Gasteiger partial charge on any atom is 0.264 e. The highest BCUT2D eigenvalue weighted by Crippen LogP contribution is 2.26. The number of ether oxygens (including phenoxy) is 1. The summed E-state index contributed by atoms with van der Waals surface area (Å²) in [6.07, 6.45) is 0. The van der Waals surface area contributed by atoms with Gasteiger partial charge in [-0.1, -0.05) is 25.1 Å². The van der Waals surface area contributed by atoms with E-state index in [1.807, 2.05) is 13.8 Å². The lowest BCUT2D eigenvalue weighted by Gasteiger charge is -2.07. The topological polar surface area (TPSA) is 68.4 Å². The Bertz CT molecular complexity index is 535. The summed E-state index contributed by atoms with van der Waals surface area (Å²) in [6, 6.07) is 5.13. The number of aromatic hydroxyl groups is 1. The third-order valence-corrected chi connectivity index (χ3v) is 2.61. The van der Waals surface area contributed by atoms with Gasteiger partial charge in [0.2, 0.25) is 0 Å². The molecule has 2 rings (SSSR count). The first-order valence-electron chi connectivity index (χ1n) is 5.81. The number of hydrogen-bond acceptors (Lipinski definition) is 5. The van der Waals surface area contributed by atoms with E-state index in [1.54, 1.807) is 25.1 Å². The fourth-order valence-electron chi connectivity index (χ4n) is 1.46. The van der Waals surface area contributed by atoms with Gasteiger partial charge in [-0.25, -0.2) is 0 Å². The predicted octanol–water partition coefficient (Wildman–Crippen LogP) is 2.79. The number of hydrogen-bond donors (Lipinski definition) is 1. The minimum Gasteiger partial charge on any atom is -0.508 e. The highest BCUT2D eigenvalue weighted by Gasteiger charge is 2.11. The molecule has 0 spiro atoms. The van der Waals surface area contributed by atoms with Crippen LogP contribution in [-0.2, 0) is 6.61 Å². The zero-order chi connectivity index (χ0) is 13.1. The second kappa shape index (κ2) is 5.08. The normalized spacial score (nSPS) is 10.9. The summed E-state index contributed by atoms with van der Waals surface area (Å²) in [7, 11) is 0. The molecular weight excluding hydrogens is 232 g/mol. The molecule has 0 radical (unpaired) electrons. The third kappa shape index (κ3) is 2.61. The van der Waals surface area contributed by atoms with Gasteiger partial charge in [-0.05, 0) is 19.1 Å². The zero-order valence-electron chi connectivity index (χ0n) is 10.7. The number of rotatable bonds is 4. The smallest absolute Gasteiger partial charge is 0.264 e. The summed E-state index contributed by atoms with van der Waals surface area (Å²) >= 11 is 0. The van der Waals surface area contributed by atoms with Crippen molar-refractivity contribution in [3.63, 3.8) is 0 Å². The maximum atomic E-state index is 9.54. The highest BCUT2D eigenvalue weighted by molar-refractivity contribution is 5.42. The number of phenolic OH excluding ortho intramolecular Hbond substituents is 1. The monoisotopic (exact) mass is 248 g/mol. The van der Waals surface area contributed by atoms with Crippen molar-refractivity contribution in [2.75, 3.05) is 0 Å². The Balaban J connectivity index is 2.04. The number of aromatic nitrogens is 2. The Morgan fingerprint density at radius 1 is 1.39 bits per heavy atom. The number of nitrogens with zero attached hydrogens (tertiary/aromatic N) is 2. The Kier molecular flexibility index (Phi) is 3.50. The molecule has 0 atom stereocenters. The van der Waals surface area contributed by atoms with Crippen molar-refractivity contribution in [2.24, 2.45) is 0 Å². The van der Waals surface area contributed by atoms with Gasteiger partial charge >= 0.3 is 0 Å². The molecule has 0 fully saturated rings. The molecular formula is C13H16N2O3. The molecule has 18 heavy (non-hydrogen) atoms. The van der Waals surface area contributed by atoms with Crippen LogP contribution in [0.4, 0.5) is 0 Å². The molecule has 0 saturated heterocycles. The molecule has 0 unspecified atom stereocenters. The molecule has 5 nitrogen and oxygen atoms in total. The van der Waals surface area contributed by atoms with Gasteiger partial charge in [-0.3, -0.25) is 0 Å². The van der Waals surface area contributed by atoms with E-state index < -0.39 is 0 Å². The lowest BCUT2D eigenvalue weighted by atomic mass is 10.2. The lowest BCUT2D eigenvalue weighted by molar-refractivity contribution is 0.240. The van der Waals surface area contributed by atoms with E-state index in [9.17, 15) is 5.11 Å². The van der Waals surface area contributed by atoms with Crippen LogP contribution in [0.25, 0.3) is 0 Å². The van der Waals surface area contributed by atoms with Crippen molar-refractivity contribution in [1.82, 2.24) is 10.1 Å². The summed E-state index contributed by atoms with van der Waals surface area (Å²) in [5.41, 5.74) is 0.695. The Morgan fingerprint density at radius 2 is 2.17 bits per heavy atom. The first-order valence-corrected chi connectivity index (χ1v) is 5.81. The second-order valence-electron chi connectivity index (χ2n) is 4.39. The van der Waals surface area contributed by atoms with E-state index in [0.29, 0.717) is 23.0 Å². The van der Waals surface area contributed by atoms with E-state index in [4.69, 9.17) is 9.26 Å². The molecule has 0 bridgehead atoms. The molecule has 0 aliphatic rings. The first kappa shape index (κ1) is 12.4. The van der Waals surface area contributed by atoms with Gasteiger partial charge in [0.1, 0.15) is 11.5 Å². The van der Waals surface area contributed by atoms with Gasteiger partial charge in [-0.15, -0.1) is 0 Å². The molecule has 2 aromatic rings. The SMILES string of the molecule is Cc1c(O)cccc1OCc1nc(C(C)C)no1. The molecule has 1 aromatic carbocycles. The van der Waals surface area contributed by atoms with Gasteiger partial charge in [0.05, 0.1) is 0 Å². The van der Waals surface area contributed by atoms with Crippen LogP contribution in [0.15, 0.2) is 22.7 Å². The fourth-order valence-corrected chi connectivity index (χ4v) is 1.46. The Labute approximate surface area is 105 Å². The van der Waals surface area contributed by atoms with Crippen LogP contribution in [0.1, 0.15) is 37.0 Å². The van der Waals surface area contributed by atoms with E-state index in [0.717, 1.165) is 0 Å². The van der Waals surface area contributed by atoms with Crippen LogP contribution in [0.5, 0.6) is 11.5 Å². The highest BCUT2D eigenvalue weighted by atomic mass is 16.5. The van der Waals surface area contributed by atoms with Crippen molar-refractivity contribution >= 4 is 0 Å². The van der Waals surface area contributed by atoms with E-state index >= 15 is 0 Å². The van der Waals surface area contributed by atoms with Crippen molar-refractivity contribution < 1.29 is 14.4 Å². The van der Waals surface area contributed by atoms with Crippen LogP contribution < -0.4 is 4.74 Å². The average Bonchev–Trinajstić information content (AvgIpc) is 2.80. The Morgan fingerprint density at radius 3 is 2.83 bits per heavy atom. The Hall–Kier alpha value is -2.04. The van der Waals surface area contributed by atoms with Crippen LogP contribution in [0.2, 0.25) is 0 Å². The van der Waals surface area contributed by atoms with E-state index in [-0.39, 0.29) is 18.3 Å². The standard InChI is InChI=1S/C13H16N2O3/c1-8(2)13-14-12(18-15-13)7-17-11-6-4-5-10(16)9(11)3/h4-6,8,16H,7H2,1-3H3. The van der Waals surface area contributed by atoms with Gasteiger partial charge in [0, 0.05) is 11.5 Å². The molecule has 1 N–H and O–H groups in total. The molecule has 96 valence electrons. The quantitative estimate of drug-likeness (QED) is 0.901. The second-order valence-corrected chi connectivity index (χ2v) is 4.39. The number of phenols is 1. The van der Waals surface area contributed by atoms with Crippen LogP contribution in [-0.4, -0.2) is 15.2 Å². The molecule has 5 heteroatoms. The van der Waals surface area contributed by atoms with Crippen molar-refractivity contribution in [2.45, 2.75) is 33.3 Å². The first-order chi connectivity index (χ1) is 8.58. The maximum absolute atomic E-state index is 9.54. The lowest BCUT2D eigenvalue weighted by Crippen LogP contribution is -1.98. The predicted molar refractivity (Wildman–Crippen MR) is 65.6 cm³/mol. The average molecular weight is 248 g/mol. The fraction of sp³-hybridized carbons (Fsp3) is 0.385. The molecule has 1 heterocycles. The minimum absolute atomic E-state index is 0.198. The molecule has 0 aliphatic heterocycles. The molecule has 0 saturated carbocycles. The van der Waals surface area contributed by atoms with Crippen LogP contribution >= 0.6 is 0 Å². The summed E-state index contributed by atoms with van der Waals surface area (Å²) in [6.45, 7) is 5.98. The van der Waals surface area contributed by atoms with Crippen LogP contribution in [0.3, 0.4) is 0 Å². The minimum atomic E-state index is 0.198. The van der Waals surface area contributed by atoms with Crippen molar-refractivity contribution in [3.05, 3.63) is 35.5 Å². The van der Waals surface area contributed by atoms with Gasteiger partial charge < -0.3 is 14.4 Å². The molecule has 0 amide bonds. The largest absolute Gasteiger partial charge is 0.508 e. The van der Waals surface area contributed by atoms with E-state index in [2.05, 4.69) is 10.1 Å². The zero-order valence-corrected chi connectivity index (χ0v) is 10.7. The van der Waals surface area contributed by atoms with Gasteiger partial charge in [0.15, 0.2) is 12.4 Å². The summed E-state index contributed by atoms with van der Waals surface area (Å²) < 4.78 is 10.6.